The molecule has 0 saturated carbocycles. The van der Waals surface area contributed by atoms with Gasteiger partial charge in [-0.3, -0.25) is 4.98 Å². The molecule has 0 bridgehead atoms. The van der Waals surface area contributed by atoms with E-state index in [1.165, 1.54) is 0 Å². The van der Waals surface area contributed by atoms with Crippen molar-refractivity contribution in [2.24, 2.45) is 0 Å². The van der Waals surface area contributed by atoms with Crippen molar-refractivity contribution >= 4 is 11.7 Å². The fourth-order valence-corrected chi connectivity index (χ4v) is 1.06. The number of aromatic nitrogens is 1. The maximum absolute atomic E-state index is 12.3. The van der Waals surface area contributed by atoms with Gasteiger partial charge in [-0.25, -0.2) is 13.6 Å². The smallest absolute Gasteiger partial charge is 0.341 e. The number of ether oxygens (including phenoxy) is 1. The fourth-order valence-electron chi connectivity index (χ4n) is 1.06. The van der Waals surface area contributed by atoms with E-state index in [2.05, 4.69) is 9.72 Å². The minimum Gasteiger partial charge on any atom is -0.504 e. The van der Waals surface area contributed by atoms with E-state index in [0.29, 0.717) is 0 Å². The highest BCUT2D eigenvalue weighted by Gasteiger charge is 2.22. The lowest BCUT2D eigenvalue weighted by atomic mass is 10.2. The zero-order chi connectivity index (χ0) is 12.3. The molecule has 0 radical (unpaired) electrons. The summed E-state index contributed by atoms with van der Waals surface area (Å²) in [7, 11) is 0. The van der Waals surface area contributed by atoms with Crippen molar-refractivity contribution in [3.05, 3.63) is 17.5 Å². The van der Waals surface area contributed by atoms with Crippen molar-refractivity contribution in [2.75, 3.05) is 12.3 Å². The molecule has 0 aliphatic heterocycles. The van der Waals surface area contributed by atoms with Gasteiger partial charge >= 0.3 is 5.97 Å². The van der Waals surface area contributed by atoms with Crippen LogP contribution in [-0.2, 0) is 4.74 Å². The first kappa shape index (κ1) is 12.2. The summed E-state index contributed by atoms with van der Waals surface area (Å²) in [6, 6.07) is 0. The Balaban J connectivity index is 3.16. The van der Waals surface area contributed by atoms with E-state index >= 15 is 0 Å². The second-order valence-corrected chi connectivity index (χ2v) is 2.84. The molecule has 0 saturated heterocycles. The molecule has 1 aromatic heterocycles. The summed E-state index contributed by atoms with van der Waals surface area (Å²) < 4.78 is 29.2. The second-order valence-electron chi connectivity index (χ2n) is 2.84. The fraction of sp³-hybridized carbons (Fsp3) is 0.333. The second kappa shape index (κ2) is 4.73. The molecule has 5 nitrogen and oxygen atoms in total. The van der Waals surface area contributed by atoms with Gasteiger partial charge in [-0.2, -0.15) is 0 Å². The van der Waals surface area contributed by atoms with Crippen molar-refractivity contribution in [1.29, 1.82) is 0 Å². The van der Waals surface area contributed by atoms with Crippen LogP contribution in [0.25, 0.3) is 0 Å². The number of esters is 1. The minimum absolute atomic E-state index is 0.107. The van der Waals surface area contributed by atoms with E-state index in [1.807, 2.05) is 0 Å². The molecular weight excluding hydrogens is 222 g/mol. The first-order valence-electron chi connectivity index (χ1n) is 4.41. The number of nitrogen functional groups attached to an aromatic ring is 1. The van der Waals surface area contributed by atoms with Gasteiger partial charge in [0.2, 0.25) is 0 Å². The summed E-state index contributed by atoms with van der Waals surface area (Å²) in [4.78, 5) is 14.5. The number of anilines is 1. The van der Waals surface area contributed by atoms with Gasteiger partial charge in [0.05, 0.1) is 12.3 Å². The Hall–Kier alpha value is -1.92. The average molecular weight is 232 g/mol. The van der Waals surface area contributed by atoms with Gasteiger partial charge in [-0.1, -0.05) is 0 Å². The third-order valence-corrected chi connectivity index (χ3v) is 1.82. The van der Waals surface area contributed by atoms with Crippen molar-refractivity contribution < 1.29 is 23.4 Å². The number of halogens is 2. The number of nitrogens with zero attached hydrogens (tertiary/aromatic N) is 1. The molecule has 0 amide bonds. The zero-order valence-electron chi connectivity index (χ0n) is 8.41. The molecule has 88 valence electrons. The van der Waals surface area contributed by atoms with Crippen LogP contribution >= 0.6 is 0 Å². The van der Waals surface area contributed by atoms with E-state index in [0.717, 1.165) is 6.20 Å². The number of nitrogens with two attached hydrogens (primary N) is 1. The highest BCUT2D eigenvalue weighted by Crippen LogP contribution is 2.33. The van der Waals surface area contributed by atoms with Crippen LogP contribution in [0.2, 0.25) is 0 Å². The molecule has 1 aromatic rings. The lowest BCUT2D eigenvalue weighted by Crippen LogP contribution is -2.10. The van der Waals surface area contributed by atoms with Crippen LogP contribution in [0.3, 0.4) is 0 Å². The first-order valence-corrected chi connectivity index (χ1v) is 4.41. The molecular formula is C9H10F2N2O3. The van der Waals surface area contributed by atoms with Gasteiger partial charge in [-0.05, 0) is 6.92 Å². The Kier molecular flexibility index (Phi) is 3.60. The van der Waals surface area contributed by atoms with Crippen LogP contribution in [0.15, 0.2) is 6.20 Å². The minimum atomic E-state index is -2.96. The van der Waals surface area contributed by atoms with Gasteiger partial charge < -0.3 is 15.6 Å². The topological polar surface area (TPSA) is 85.4 Å². The number of alkyl halides is 2. The van der Waals surface area contributed by atoms with E-state index < -0.39 is 29.5 Å². The van der Waals surface area contributed by atoms with Gasteiger partial charge in [-0.15, -0.1) is 0 Å². The SMILES string of the molecule is CCOC(=O)c1cnc(C(F)F)c(O)c1N. The molecule has 0 spiro atoms. The van der Waals surface area contributed by atoms with Crippen LogP contribution in [0, 0.1) is 0 Å². The number of pyridine rings is 1. The number of carbonyl (C=O) groups is 1. The maximum atomic E-state index is 12.3. The van der Waals surface area contributed by atoms with E-state index in [-0.39, 0.29) is 12.2 Å². The molecule has 3 N–H and O–H groups in total. The number of carbonyl (C=O) groups excluding carboxylic acids is 1. The average Bonchev–Trinajstić information content (AvgIpc) is 2.21. The van der Waals surface area contributed by atoms with Crippen molar-refractivity contribution in [2.45, 2.75) is 13.3 Å². The van der Waals surface area contributed by atoms with E-state index in [9.17, 15) is 18.7 Å². The molecule has 0 aliphatic carbocycles. The van der Waals surface area contributed by atoms with Gasteiger partial charge in [0.15, 0.2) is 11.4 Å². The predicted octanol–water partition coefficient (Wildman–Crippen LogP) is 1.48. The lowest BCUT2D eigenvalue weighted by Gasteiger charge is -2.09. The zero-order valence-corrected chi connectivity index (χ0v) is 8.41. The Morgan fingerprint density at radius 3 is 2.81 bits per heavy atom. The molecule has 0 aromatic carbocycles. The molecule has 1 rings (SSSR count). The van der Waals surface area contributed by atoms with Crippen LogP contribution in [0.1, 0.15) is 29.4 Å². The van der Waals surface area contributed by atoms with Crippen LogP contribution in [0.5, 0.6) is 5.75 Å². The monoisotopic (exact) mass is 232 g/mol. The summed E-state index contributed by atoms with van der Waals surface area (Å²) in [5.41, 5.74) is 3.78. The molecule has 0 aliphatic rings. The van der Waals surface area contributed by atoms with Crippen LogP contribution in [-0.4, -0.2) is 22.7 Å². The standard InChI is InChI=1S/C9H10F2N2O3/c1-2-16-9(15)4-3-13-6(8(10)11)7(14)5(4)12/h3,8,14H,2H2,1H3,(H2,12,13). The van der Waals surface area contributed by atoms with E-state index in [4.69, 9.17) is 5.73 Å². The summed E-state index contributed by atoms with van der Waals surface area (Å²) in [5, 5.41) is 9.29. The normalized spacial score (nSPS) is 10.5. The summed E-state index contributed by atoms with van der Waals surface area (Å²) >= 11 is 0. The molecule has 0 fully saturated rings. The van der Waals surface area contributed by atoms with Crippen molar-refractivity contribution in [3.8, 4) is 5.75 Å². The summed E-state index contributed by atoms with van der Waals surface area (Å²) in [6.07, 6.45) is -2.10. The number of hydrogen-bond donors (Lipinski definition) is 2. The summed E-state index contributed by atoms with van der Waals surface area (Å²) in [5.74, 6) is -1.70. The van der Waals surface area contributed by atoms with Crippen molar-refractivity contribution in [3.63, 3.8) is 0 Å². The molecule has 0 atom stereocenters. The number of hydrogen-bond acceptors (Lipinski definition) is 5. The van der Waals surface area contributed by atoms with Gasteiger partial charge in [0, 0.05) is 6.20 Å². The Bertz CT molecular complexity index is 410. The highest BCUT2D eigenvalue weighted by atomic mass is 19.3. The number of rotatable bonds is 3. The predicted molar refractivity (Wildman–Crippen MR) is 51.2 cm³/mol. The van der Waals surface area contributed by atoms with Crippen LogP contribution in [0.4, 0.5) is 14.5 Å². The first-order chi connectivity index (χ1) is 7.49. The third kappa shape index (κ3) is 2.18. The summed E-state index contributed by atoms with van der Waals surface area (Å²) in [6.45, 7) is 1.69. The Morgan fingerprint density at radius 2 is 2.31 bits per heavy atom. The van der Waals surface area contributed by atoms with Gasteiger partial charge in [0.1, 0.15) is 5.56 Å². The highest BCUT2D eigenvalue weighted by molar-refractivity contribution is 5.96. The molecule has 16 heavy (non-hydrogen) atoms. The maximum Gasteiger partial charge on any atom is 0.341 e. The Morgan fingerprint density at radius 1 is 1.69 bits per heavy atom. The van der Waals surface area contributed by atoms with Gasteiger partial charge in [0.25, 0.3) is 6.43 Å². The van der Waals surface area contributed by atoms with Crippen molar-refractivity contribution in [1.82, 2.24) is 4.98 Å². The number of aromatic hydroxyl groups is 1. The largest absolute Gasteiger partial charge is 0.504 e. The third-order valence-electron chi connectivity index (χ3n) is 1.82. The Labute approximate surface area is 89.9 Å². The van der Waals surface area contributed by atoms with E-state index in [1.54, 1.807) is 6.92 Å². The molecule has 0 unspecified atom stereocenters. The van der Waals surface area contributed by atoms with Crippen LogP contribution < -0.4 is 5.73 Å². The molecule has 1 heterocycles. The molecule has 7 heteroatoms. The quantitative estimate of drug-likeness (QED) is 0.771. The lowest BCUT2D eigenvalue weighted by molar-refractivity contribution is 0.0526.